The molecule has 0 radical (unpaired) electrons. The molecular weight excluding hydrogens is 532 g/mol. The minimum atomic E-state index is -0.974. The third-order valence-electron chi connectivity index (χ3n) is 6.87. The molecular formula is C29H40N4O4S2. The van der Waals surface area contributed by atoms with Crippen molar-refractivity contribution in [3.05, 3.63) is 45.2 Å². The summed E-state index contributed by atoms with van der Waals surface area (Å²) in [5, 5.41) is 10.5. The van der Waals surface area contributed by atoms with Crippen LogP contribution in [0, 0.1) is 0 Å². The molecule has 0 atom stereocenters. The number of hydrogen-bond acceptors (Lipinski definition) is 7. The maximum absolute atomic E-state index is 13.6. The largest absolute Gasteiger partial charge is 0.550 e. The molecule has 1 fully saturated rings. The van der Waals surface area contributed by atoms with Gasteiger partial charge in [0.25, 0.3) is 11.5 Å². The fourth-order valence-corrected chi connectivity index (χ4v) is 6.18. The Morgan fingerprint density at radius 3 is 2.31 bits per heavy atom. The van der Waals surface area contributed by atoms with E-state index >= 15 is 0 Å². The number of unbranched alkanes of at least 4 members (excludes halogenated alkanes) is 7. The fourth-order valence-electron chi connectivity index (χ4n) is 4.89. The molecule has 1 saturated heterocycles. The van der Waals surface area contributed by atoms with Gasteiger partial charge in [-0.3, -0.25) is 23.8 Å². The molecule has 0 unspecified atom stereocenters. The second kappa shape index (κ2) is 15.9. The number of hydrogen-bond donors (Lipinski definition) is 1. The summed E-state index contributed by atoms with van der Waals surface area (Å²) in [7, 11) is 0. The third-order valence-corrected chi connectivity index (χ3v) is 8.25. The lowest BCUT2D eigenvalue weighted by molar-refractivity contribution is -0.835. The Morgan fingerprint density at radius 2 is 1.67 bits per heavy atom. The first-order valence-electron chi connectivity index (χ1n) is 14.2. The number of fused-ring (bicyclic) bond motifs is 1. The lowest BCUT2D eigenvalue weighted by Gasteiger charge is -2.19. The Hall–Kier alpha value is -2.56. The van der Waals surface area contributed by atoms with Gasteiger partial charge in [0.1, 0.15) is 15.5 Å². The van der Waals surface area contributed by atoms with Gasteiger partial charge < -0.3 is 9.90 Å². The van der Waals surface area contributed by atoms with Crippen LogP contribution in [0.5, 0.6) is 0 Å². The average Bonchev–Trinajstić information content (AvgIpc) is 3.18. The maximum atomic E-state index is 13.6. The molecule has 0 saturated carbocycles. The van der Waals surface area contributed by atoms with Crippen LogP contribution in [0.1, 0.15) is 90.0 Å². The molecule has 10 heteroatoms. The number of thiocarbonyl (C=S) groups is 1. The first-order valence-corrected chi connectivity index (χ1v) is 15.4. The summed E-state index contributed by atoms with van der Waals surface area (Å²) in [5.41, 5.74) is 0.880. The zero-order chi connectivity index (χ0) is 28.2. The molecule has 39 heavy (non-hydrogen) atoms. The quantitative estimate of drug-likeness (QED) is 0.176. The number of aliphatic carboxylic acids is 1. The average molecular weight is 573 g/mol. The number of nitrogens with zero attached hydrogens (tertiary/aromatic N) is 3. The molecule has 0 bridgehead atoms. The molecule has 1 aliphatic rings. The third kappa shape index (κ3) is 8.71. The summed E-state index contributed by atoms with van der Waals surface area (Å²) >= 11 is 6.80. The second-order valence-corrected chi connectivity index (χ2v) is 11.7. The van der Waals surface area contributed by atoms with E-state index in [1.54, 1.807) is 23.2 Å². The number of thioether (sulfide) groups is 1. The number of carboxylic acids is 1. The summed E-state index contributed by atoms with van der Waals surface area (Å²) in [4.78, 5) is 45.5. The molecule has 0 aromatic carbocycles. The van der Waals surface area contributed by atoms with Crippen LogP contribution in [-0.2, 0) is 9.59 Å². The fraction of sp³-hybridized carbons (Fsp3) is 0.552. The summed E-state index contributed by atoms with van der Waals surface area (Å²) in [6.07, 6.45) is 13.2. The number of aromatic nitrogens is 2. The van der Waals surface area contributed by atoms with Crippen molar-refractivity contribution in [3.63, 3.8) is 0 Å². The number of carbonyl (C=O) groups excluding carboxylic acids is 2. The van der Waals surface area contributed by atoms with Gasteiger partial charge in [-0.25, -0.2) is 0 Å². The van der Waals surface area contributed by atoms with E-state index in [9.17, 15) is 19.5 Å². The van der Waals surface area contributed by atoms with E-state index in [1.165, 1.54) is 16.2 Å². The van der Waals surface area contributed by atoms with E-state index in [1.807, 2.05) is 12.1 Å². The molecule has 2 aromatic rings. The highest BCUT2D eigenvalue weighted by atomic mass is 32.2. The van der Waals surface area contributed by atoms with Gasteiger partial charge in [-0.2, -0.15) is 4.98 Å². The van der Waals surface area contributed by atoms with Gasteiger partial charge in [-0.15, -0.1) is 0 Å². The number of carbonyl (C=O) groups is 2. The standard InChI is InChI=1S/C29H40N4O4S2/c1-3-17-31(18-4-2)26-22(27(36)32-19-14-12-15-24(32)30-26)21-23-28(37)33(29(38)39-23)20-13-10-8-6-5-7-9-11-16-25(34)35/h12,14-15,19,21H,3-11,13,16-18,20H2,1-2H3,(H,34,35)/b23-21-. The van der Waals surface area contributed by atoms with E-state index < -0.39 is 5.97 Å². The van der Waals surface area contributed by atoms with Crippen LogP contribution in [0.2, 0.25) is 0 Å². The van der Waals surface area contributed by atoms with Crippen LogP contribution >= 0.6 is 24.0 Å². The molecule has 8 nitrogen and oxygen atoms in total. The number of quaternary nitrogens is 1. The molecule has 1 amide bonds. The smallest absolute Gasteiger partial charge is 0.271 e. The highest BCUT2D eigenvalue weighted by molar-refractivity contribution is 8.26. The molecule has 2 aromatic heterocycles. The van der Waals surface area contributed by atoms with Gasteiger partial charge in [0.05, 0.1) is 18.0 Å². The van der Waals surface area contributed by atoms with Gasteiger partial charge in [0, 0.05) is 18.7 Å². The zero-order valence-electron chi connectivity index (χ0n) is 23.1. The van der Waals surface area contributed by atoms with Crippen molar-refractivity contribution in [1.29, 1.82) is 0 Å². The van der Waals surface area contributed by atoms with Crippen molar-refractivity contribution >= 4 is 57.7 Å². The van der Waals surface area contributed by atoms with Gasteiger partial charge in [-0.05, 0) is 50.3 Å². The Kier molecular flexibility index (Phi) is 12.6. The first kappa shape index (κ1) is 31.0. The van der Waals surface area contributed by atoms with Crippen LogP contribution in [0.15, 0.2) is 34.1 Å². The topological polar surface area (TPSA) is 99.2 Å². The van der Waals surface area contributed by atoms with Crippen LogP contribution < -0.4 is 15.6 Å². The first-order chi connectivity index (χ1) is 18.9. The highest BCUT2D eigenvalue weighted by Gasteiger charge is 2.33. The van der Waals surface area contributed by atoms with Crippen molar-refractivity contribution in [3.8, 4) is 0 Å². The lowest BCUT2D eigenvalue weighted by Crippen LogP contribution is -3.07. The molecule has 0 spiro atoms. The number of nitrogens with one attached hydrogen (secondary N) is 1. The van der Waals surface area contributed by atoms with Gasteiger partial charge in [-0.1, -0.05) is 82.4 Å². The number of pyridine rings is 1. The van der Waals surface area contributed by atoms with Gasteiger partial charge in [0.2, 0.25) is 5.82 Å². The molecule has 1 N–H and O–H groups in total. The lowest BCUT2D eigenvalue weighted by atomic mass is 10.1. The van der Waals surface area contributed by atoms with Crippen molar-refractivity contribution < 1.29 is 19.6 Å². The van der Waals surface area contributed by atoms with Gasteiger partial charge in [0.15, 0.2) is 0 Å². The van der Waals surface area contributed by atoms with E-state index in [0.29, 0.717) is 39.2 Å². The Morgan fingerprint density at radius 1 is 1.03 bits per heavy atom. The van der Waals surface area contributed by atoms with Crippen LogP contribution in [0.3, 0.4) is 0 Å². The van der Waals surface area contributed by atoms with E-state index in [0.717, 1.165) is 75.8 Å². The van der Waals surface area contributed by atoms with Crippen LogP contribution in [0.4, 0.5) is 5.82 Å². The molecule has 0 aliphatic carbocycles. The number of carboxylic acid groups (broad SMARTS) is 1. The van der Waals surface area contributed by atoms with E-state index in [4.69, 9.17) is 17.2 Å². The summed E-state index contributed by atoms with van der Waals surface area (Å²) in [5.74, 6) is -0.424. The maximum Gasteiger partial charge on any atom is 0.271 e. The van der Waals surface area contributed by atoms with Crippen molar-refractivity contribution in [2.75, 3.05) is 19.6 Å². The Bertz CT molecular complexity index is 1240. The monoisotopic (exact) mass is 572 g/mol. The zero-order valence-corrected chi connectivity index (χ0v) is 24.7. The highest BCUT2D eigenvalue weighted by Crippen LogP contribution is 2.33. The second-order valence-electron chi connectivity index (χ2n) is 10.00. The Balaban J connectivity index is 1.66. The summed E-state index contributed by atoms with van der Waals surface area (Å²) in [6, 6.07) is 5.51. The van der Waals surface area contributed by atoms with E-state index in [-0.39, 0.29) is 17.9 Å². The van der Waals surface area contributed by atoms with Crippen LogP contribution in [0.25, 0.3) is 11.7 Å². The minimum absolute atomic E-state index is 0.142. The predicted octanol–water partition coefficient (Wildman–Crippen LogP) is 3.49. The molecule has 3 rings (SSSR count). The number of rotatable bonds is 17. The minimum Gasteiger partial charge on any atom is -0.550 e. The number of amides is 1. The molecule has 212 valence electrons. The van der Waals surface area contributed by atoms with Crippen molar-refractivity contribution in [2.24, 2.45) is 0 Å². The Labute approximate surface area is 240 Å². The molecule has 1 aliphatic heterocycles. The van der Waals surface area contributed by atoms with Crippen molar-refractivity contribution in [1.82, 2.24) is 14.3 Å². The summed E-state index contributed by atoms with van der Waals surface area (Å²) in [6.45, 7) is 6.51. The SMILES string of the molecule is CCC[NH+](CCC)c1nc2ccccn2c(=O)c1/C=C1\SC(=S)N(CCCCCCCCCCC(=O)[O-])C1=O. The van der Waals surface area contributed by atoms with Gasteiger partial charge >= 0.3 is 0 Å². The normalized spacial score (nSPS) is 14.8. The van der Waals surface area contributed by atoms with Crippen molar-refractivity contribution in [2.45, 2.75) is 84.5 Å². The van der Waals surface area contributed by atoms with Crippen LogP contribution in [-0.4, -0.2) is 50.1 Å². The molecule has 3 heterocycles. The summed E-state index contributed by atoms with van der Waals surface area (Å²) < 4.78 is 2.07. The van der Waals surface area contributed by atoms with E-state index in [2.05, 4.69) is 13.8 Å². The predicted molar refractivity (Wildman–Crippen MR) is 159 cm³/mol.